The van der Waals surface area contributed by atoms with Crippen molar-refractivity contribution in [2.24, 2.45) is 5.73 Å². The van der Waals surface area contributed by atoms with Gasteiger partial charge in [0.25, 0.3) is 0 Å². The first-order valence-corrected chi connectivity index (χ1v) is 6.69. The minimum absolute atomic E-state index is 0.114. The van der Waals surface area contributed by atoms with E-state index in [1.807, 2.05) is 42.5 Å². The van der Waals surface area contributed by atoms with Crippen molar-refractivity contribution in [3.8, 4) is 0 Å². The molecule has 0 saturated heterocycles. The van der Waals surface area contributed by atoms with Crippen LogP contribution in [-0.2, 0) is 17.8 Å². The highest BCUT2D eigenvalue weighted by atomic mass is 16.2. The second-order valence-corrected chi connectivity index (χ2v) is 4.99. The first-order chi connectivity index (χ1) is 9.69. The summed E-state index contributed by atoms with van der Waals surface area (Å²) < 4.78 is 0. The SMILES string of the molecule is NCc1ccc(N2C(=O)CCc3cc(N)ccc32)cc1. The number of aryl methyl sites for hydroxylation is 1. The van der Waals surface area contributed by atoms with E-state index >= 15 is 0 Å². The summed E-state index contributed by atoms with van der Waals surface area (Å²) in [5.74, 6) is 0.114. The van der Waals surface area contributed by atoms with Crippen LogP contribution in [0.15, 0.2) is 42.5 Å². The zero-order chi connectivity index (χ0) is 14.1. The summed E-state index contributed by atoms with van der Waals surface area (Å²) in [6.07, 6.45) is 1.26. The van der Waals surface area contributed by atoms with E-state index in [1.165, 1.54) is 0 Å². The standard InChI is InChI=1S/C16H17N3O/c17-10-11-1-5-14(6-2-11)19-15-7-4-13(18)9-12(15)3-8-16(19)20/h1-2,4-7,9H,3,8,10,17-18H2. The molecule has 20 heavy (non-hydrogen) atoms. The molecule has 102 valence electrons. The van der Waals surface area contributed by atoms with E-state index in [0.717, 1.165) is 34.6 Å². The lowest BCUT2D eigenvalue weighted by Crippen LogP contribution is -2.30. The largest absolute Gasteiger partial charge is 0.399 e. The van der Waals surface area contributed by atoms with Gasteiger partial charge in [-0.2, -0.15) is 0 Å². The van der Waals surface area contributed by atoms with E-state index in [0.29, 0.717) is 13.0 Å². The fourth-order valence-electron chi connectivity index (χ4n) is 2.58. The van der Waals surface area contributed by atoms with Crippen LogP contribution in [0.2, 0.25) is 0 Å². The van der Waals surface area contributed by atoms with E-state index < -0.39 is 0 Å². The summed E-state index contributed by atoms with van der Waals surface area (Å²) in [5, 5.41) is 0. The molecule has 3 rings (SSSR count). The van der Waals surface area contributed by atoms with Crippen LogP contribution in [0.5, 0.6) is 0 Å². The average Bonchev–Trinajstić information content (AvgIpc) is 2.48. The van der Waals surface area contributed by atoms with Gasteiger partial charge >= 0.3 is 0 Å². The number of amides is 1. The molecule has 1 aliphatic heterocycles. The van der Waals surface area contributed by atoms with Gasteiger partial charge in [0.05, 0.1) is 5.69 Å². The molecule has 0 fully saturated rings. The Morgan fingerprint density at radius 2 is 1.80 bits per heavy atom. The fourth-order valence-corrected chi connectivity index (χ4v) is 2.58. The number of nitrogen functional groups attached to an aromatic ring is 1. The minimum atomic E-state index is 0.114. The Hall–Kier alpha value is -2.33. The van der Waals surface area contributed by atoms with Crippen molar-refractivity contribution < 1.29 is 4.79 Å². The van der Waals surface area contributed by atoms with E-state index in [1.54, 1.807) is 4.90 Å². The van der Waals surface area contributed by atoms with Crippen LogP contribution in [0.4, 0.5) is 17.1 Å². The summed E-state index contributed by atoms with van der Waals surface area (Å²) in [6, 6.07) is 13.5. The van der Waals surface area contributed by atoms with E-state index in [9.17, 15) is 4.79 Å². The maximum atomic E-state index is 12.3. The molecule has 2 aromatic rings. The lowest BCUT2D eigenvalue weighted by Gasteiger charge is -2.29. The molecule has 0 aromatic heterocycles. The molecule has 0 aliphatic carbocycles. The number of nitrogens with two attached hydrogens (primary N) is 2. The quantitative estimate of drug-likeness (QED) is 0.820. The average molecular weight is 267 g/mol. The van der Waals surface area contributed by atoms with Crippen molar-refractivity contribution >= 4 is 23.0 Å². The molecule has 4 nitrogen and oxygen atoms in total. The Morgan fingerprint density at radius 1 is 1.05 bits per heavy atom. The lowest BCUT2D eigenvalue weighted by atomic mass is 9.99. The van der Waals surface area contributed by atoms with E-state index in [2.05, 4.69) is 0 Å². The lowest BCUT2D eigenvalue weighted by molar-refractivity contribution is -0.118. The van der Waals surface area contributed by atoms with Crippen LogP contribution >= 0.6 is 0 Å². The number of nitrogens with zero attached hydrogens (tertiary/aromatic N) is 1. The Kier molecular flexibility index (Phi) is 3.16. The highest BCUT2D eigenvalue weighted by molar-refractivity contribution is 6.03. The van der Waals surface area contributed by atoms with Gasteiger partial charge in [-0.15, -0.1) is 0 Å². The van der Waals surface area contributed by atoms with Crippen LogP contribution in [0.1, 0.15) is 17.5 Å². The van der Waals surface area contributed by atoms with Crippen LogP contribution in [0.3, 0.4) is 0 Å². The van der Waals surface area contributed by atoms with Crippen molar-refractivity contribution in [2.75, 3.05) is 10.6 Å². The number of hydrogen-bond donors (Lipinski definition) is 2. The minimum Gasteiger partial charge on any atom is -0.399 e. The fraction of sp³-hybridized carbons (Fsp3) is 0.188. The molecule has 0 bridgehead atoms. The van der Waals surface area contributed by atoms with Gasteiger partial charge in [-0.25, -0.2) is 0 Å². The van der Waals surface area contributed by atoms with Crippen molar-refractivity contribution in [3.05, 3.63) is 53.6 Å². The molecule has 2 aromatic carbocycles. The Bertz CT molecular complexity index is 649. The van der Waals surface area contributed by atoms with Crippen molar-refractivity contribution in [3.63, 3.8) is 0 Å². The van der Waals surface area contributed by atoms with Gasteiger partial charge in [0.15, 0.2) is 0 Å². The summed E-state index contributed by atoms with van der Waals surface area (Å²) in [5.41, 5.74) is 16.1. The van der Waals surface area contributed by atoms with Gasteiger partial charge in [-0.3, -0.25) is 9.69 Å². The van der Waals surface area contributed by atoms with Crippen molar-refractivity contribution in [2.45, 2.75) is 19.4 Å². The van der Waals surface area contributed by atoms with Crippen molar-refractivity contribution in [1.29, 1.82) is 0 Å². The van der Waals surface area contributed by atoms with Gasteiger partial charge in [0.2, 0.25) is 5.91 Å². The summed E-state index contributed by atoms with van der Waals surface area (Å²) in [4.78, 5) is 14.0. The molecule has 0 unspecified atom stereocenters. The summed E-state index contributed by atoms with van der Waals surface area (Å²) in [7, 11) is 0. The Labute approximate surface area is 118 Å². The molecule has 4 heteroatoms. The molecule has 0 spiro atoms. The smallest absolute Gasteiger partial charge is 0.231 e. The van der Waals surface area contributed by atoms with Crippen LogP contribution in [0.25, 0.3) is 0 Å². The normalized spacial score (nSPS) is 14.2. The molecule has 1 heterocycles. The third-order valence-corrected chi connectivity index (χ3v) is 3.63. The van der Waals surface area contributed by atoms with E-state index in [4.69, 9.17) is 11.5 Å². The van der Waals surface area contributed by atoms with Gasteiger partial charge in [-0.1, -0.05) is 12.1 Å². The number of carbonyl (C=O) groups excluding carboxylic acids is 1. The topological polar surface area (TPSA) is 72.3 Å². The molecule has 0 atom stereocenters. The second-order valence-electron chi connectivity index (χ2n) is 4.99. The number of rotatable bonds is 2. The highest BCUT2D eigenvalue weighted by Crippen LogP contribution is 2.35. The van der Waals surface area contributed by atoms with Gasteiger partial charge in [0, 0.05) is 24.3 Å². The first-order valence-electron chi connectivity index (χ1n) is 6.69. The summed E-state index contributed by atoms with van der Waals surface area (Å²) in [6.45, 7) is 0.501. The zero-order valence-corrected chi connectivity index (χ0v) is 11.2. The monoisotopic (exact) mass is 267 g/mol. The van der Waals surface area contributed by atoms with Crippen LogP contribution in [-0.4, -0.2) is 5.91 Å². The maximum Gasteiger partial charge on any atom is 0.231 e. The zero-order valence-electron chi connectivity index (χ0n) is 11.2. The number of fused-ring (bicyclic) bond motifs is 1. The molecule has 0 saturated carbocycles. The Balaban J connectivity index is 2.05. The third-order valence-electron chi connectivity index (χ3n) is 3.63. The molecular formula is C16H17N3O. The first kappa shape index (κ1) is 12.7. The number of hydrogen-bond acceptors (Lipinski definition) is 3. The molecule has 1 aliphatic rings. The van der Waals surface area contributed by atoms with Crippen LogP contribution in [0, 0.1) is 0 Å². The maximum absolute atomic E-state index is 12.3. The molecular weight excluding hydrogens is 250 g/mol. The van der Waals surface area contributed by atoms with E-state index in [-0.39, 0.29) is 5.91 Å². The number of anilines is 3. The number of benzene rings is 2. The molecule has 1 amide bonds. The second kappa shape index (κ2) is 4.98. The number of carbonyl (C=O) groups is 1. The van der Waals surface area contributed by atoms with Gasteiger partial charge in [-0.05, 0) is 47.9 Å². The summed E-state index contributed by atoms with van der Waals surface area (Å²) >= 11 is 0. The Morgan fingerprint density at radius 3 is 2.50 bits per heavy atom. The third kappa shape index (κ3) is 2.14. The molecule has 4 N–H and O–H groups in total. The highest BCUT2D eigenvalue weighted by Gasteiger charge is 2.25. The van der Waals surface area contributed by atoms with Gasteiger partial charge in [0.1, 0.15) is 0 Å². The predicted molar refractivity (Wildman–Crippen MR) is 80.7 cm³/mol. The predicted octanol–water partition coefficient (Wildman–Crippen LogP) is 2.34. The van der Waals surface area contributed by atoms with Crippen LogP contribution < -0.4 is 16.4 Å². The van der Waals surface area contributed by atoms with Crippen molar-refractivity contribution in [1.82, 2.24) is 0 Å². The van der Waals surface area contributed by atoms with Gasteiger partial charge < -0.3 is 11.5 Å². The molecule has 0 radical (unpaired) electrons.